The van der Waals surface area contributed by atoms with Gasteiger partial charge in [0.1, 0.15) is 23.5 Å². The Morgan fingerprint density at radius 3 is 2.93 bits per heavy atom. The molecule has 1 aliphatic heterocycles. The first-order valence-corrected chi connectivity index (χ1v) is 9.82. The molecule has 3 N–H and O–H groups in total. The average Bonchev–Trinajstić information content (AvgIpc) is 3.30. The molecular formula is C17H18FN5O4S2. The van der Waals surface area contributed by atoms with E-state index < -0.39 is 24.4 Å². The van der Waals surface area contributed by atoms with Crippen molar-refractivity contribution in [1.29, 1.82) is 0 Å². The van der Waals surface area contributed by atoms with Gasteiger partial charge in [0.05, 0.1) is 30.3 Å². The maximum atomic E-state index is 14.7. The summed E-state index contributed by atoms with van der Waals surface area (Å²) in [7, 11) is 0. The number of nitrogens with one attached hydrogen (secondary N) is 2. The van der Waals surface area contributed by atoms with Crippen LogP contribution < -0.4 is 15.5 Å². The quantitative estimate of drug-likeness (QED) is 0.552. The number of amides is 2. The van der Waals surface area contributed by atoms with E-state index in [2.05, 4.69) is 20.8 Å². The van der Waals surface area contributed by atoms with Crippen molar-refractivity contribution in [3.05, 3.63) is 29.0 Å². The molecule has 1 saturated heterocycles. The van der Waals surface area contributed by atoms with Crippen molar-refractivity contribution in [3.8, 4) is 10.6 Å². The number of ether oxygens (including phenoxy) is 1. The molecule has 1 aromatic heterocycles. The highest BCUT2D eigenvalue weighted by Gasteiger charge is 2.32. The van der Waals surface area contributed by atoms with Crippen LogP contribution in [0.15, 0.2) is 18.2 Å². The van der Waals surface area contributed by atoms with Gasteiger partial charge in [0.15, 0.2) is 5.01 Å². The second kappa shape index (κ2) is 9.20. The fraction of sp³-hybridized carbons (Fsp3) is 0.353. The molecule has 29 heavy (non-hydrogen) atoms. The number of carbonyl (C=O) groups is 2. The number of aromatic nitrogens is 2. The standard InChI is InChI=1S/C17H18FN5O4S2/c1-9(28)19-5-11-7-23(17(26)27-11)10-2-3-12(13(18)4-10)16-22-21-15(29-16)6-20-14(25)8-24/h2-4,11,24H,5-8H2,1H3,(H,19,28)(H,20,25)/t11-/m0/s1. The van der Waals surface area contributed by atoms with Crippen molar-refractivity contribution in [2.75, 3.05) is 24.6 Å². The van der Waals surface area contributed by atoms with Gasteiger partial charge in [-0.25, -0.2) is 9.18 Å². The Morgan fingerprint density at radius 2 is 2.24 bits per heavy atom. The number of carbonyl (C=O) groups excluding carboxylic acids is 2. The predicted molar refractivity (Wildman–Crippen MR) is 108 cm³/mol. The Kier molecular flexibility index (Phi) is 6.67. The smallest absolute Gasteiger partial charge is 0.414 e. The van der Waals surface area contributed by atoms with Crippen molar-refractivity contribution >= 4 is 46.2 Å². The first-order chi connectivity index (χ1) is 13.9. The first-order valence-electron chi connectivity index (χ1n) is 8.60. The molecular weight excluding hydrogens is 421 g/mol. The Morgan fingerprint density at radius 1 is 1.45 bits per heavy atom. The van der Waals surface area contributed by atoms with E-state index in [9.17, 15) is 14.0 Å². The molecule has 1 aliphatic rings. The van der Waals surface area contributed by atoms with Crippen molar-refractivity contribution in [2.24, 2.45) is 0 Å². The number of anilines is 1. The number of halogens is 1. The summed E-state index contributed by atoms with van der Waals surface area (Å²) in [5.74, 6) is -1.10. The lowest BCUT2D eigenvalue weighted by Gasteiger charge is -2.14. The maximum absolute atomic E-state index is 14.7. The molecule has 12 heteroatoms. The molecule has 2 aromatic rings. The summed E-state index contributed by atoms with van der Waals surface area (Å²) in [6, 6.07) is 4.36. The minimum atomic E-state index is -0.622. The highest BCUT2D eigenvalue weighted by atomic mass is 32.1. The van der Waals surface area contributed by atoms with Gasteiger partial charge >= 0.3 is 6.09 Å². The summed E-state index contributed by atoms with van der Waals surface area (Å²) in [5, 5.41) is 22.7. The monoisotopic (exact) mass is 439 g/mol. The van der Waals surface area contributed by atoms with Gasteiger partial charge in [-0.15, -0.1) is 10.2 Å². The molecule has 0 aliphatic carbocycles. The van der Waals surface area contributed by atoms with E-state index in [0.717, 1.165) is 11.3 Å². The zero-order chi connectivity index (χ0) is 21.0. The van der Waals surface area contributed by atoms with Crippen molar-refractivity contribution in [2.45, 2.75) is 19.6 Å². The van der Waals surface area contributed by atoms with E-state index >= 15 is 0 Å². The lowest BCUT2D eigenvalue weighted by Crippen LogP contribution is -2.32. The number of hydrogen-bond donors (Lipinski definition) is 3. The molecule has 9 nitrogen and oxygen atoms in total. The summed E-state index contributed by atoms with van der Waals surface area (Å²) in [6.07, 6.45) is -0.938. The minimum absolute atomic E-state index is 0.0903. The molecule has 1 aromatic carbocycles. The first kappa shape index (κ1) is 21.0. The second-order valence-electron chi connectivity index (χ2n) is 6.15. The fourth-order valence-electron chi connectivity index (χ4n) is 2.61. The average molecular weight is 439 g/mol. The topological polar surface area (TPSA) is 117 Å². The van der Waals surface area contributed by atoms with E-state index in [1.54, 1.807) is 13.0 Å². The van der Waals surface area contributed by atoms with Crippen LogP contribution in [0.3, 0.4) is 0 Å². The van der Waals surface area contributed by atoms with Crippen molar-refractivity contribution < 1.29 is 23.8 Å². The second-order valence-corrected chi connectivity index (χ2v) is 7.83. The van der Waals surface area contributed by atoms with Gasteiger partial charge in [0, 0.05) is 5.56 Å². The van der Waals surface area contributed by atoms with Gasteiger partial charge < -0.3 is 20.5 Å². The molecule has 0 radical (unpaired) electrons. The number of aliphatic hydroxyl groups is 1. The van der Waals surface area contributed by atoms with Gasteiger partial charge in [-0.05, 0) is 25.1 Å². The lowest BCUT2D eigenvalue weighted by atomic mass is 10.2. The van der Waals surface area contributed by atoms with Gasteiger partial charge in [-0.3, -0.25) is 9.69 Å². The molecule has 0 unspecified atom stereocenters. The van der Waals surface area contributed by atoms with E-state index in [1.807, 2.05) is 0 Å². The molecule has 1 atom stereocenters. The van der Waals surface area contributed by atoms with Crippen LogP contribution in [0.5, 0.6) is 0 Å². The number of thiocarbonyl (C=S) groups is 1. The minimum Gasteiger partial charge on any atom is -0.442 e. The van der Waals surface area contributed by atoms with Crippen LogP contribution in [0.4, 0.5) is 14.9 Å². The van der Waals surface area contributed by atoms with Crippen molar-refractivity contribution in [1.82, 2.24) is 20.8 Å². The van der Waals surface area contributed by atoms with E-state index in [1.165, 1.54) is 17.0 Å². The highest BCUT2D eigenvalue weighted by molar-refractivity contribution is 7.80. The van der Waals surface area contributed by atoms with Gasteiger partial charge in [0.2, 0.25) is 5.91 Å². The lowest BCUT2D eigenvalue weighted by molar-refractivity contribution is -0.123. The summed E-state index contributed by atoms with van der Waals surface area (Å²) in [5.41, 5.74) is 0.603. The number of cyclic esters (lactones) is 1. The van der Waals surface area contributed by atoms with Crippen LogP contribution >= 0.6 is 23.6 Å². The molecule has 1 fully saturated rings. The number of rotatable bonds is 7. The van der Waals surface area contributed by atoms with Crippen molar-refractivity contribution in [3.63, 3.8) is 0 Å². The van der Waals surface area contributed by atoms with Crippen LogP contribution in [0.1, 0.15) is 11.9 Å². The molecule has 2 amide bonds. The molecule has 0 bridgehead atoms. The third-order valence-electron chi connectivity index (χ3n) is 3.99. The van der Waals surface area contributed by atoms with Crippen LogP contribution in [0.2, 0.25) is 0 Å². The molecule has 0 spiro atoms. The van der Waals surface area contributed by atoms with Crippen LogP contribution in [0.25, 0.3) is 10.6 Å². The van der Waals surface area contributed by atoms with Gasteiger partial charge in [0.25, 0.3) is 0 Å². The Bertz CT molecular complexity index is 938. The largest absolute Gasteiger partial charge is 0.442 e. The van der Waals surface area contributed by atoms with Crippen LogP contribution in [-0.2, 0) is 16.1 Å². The normalized spacial score (nSPS) is 15.9. The Hall–Kier alpha value is -2.70. The van der Waals surface area contributed by atoms with E-state index in [0.29, 0.717) is 27.2 Å². The predicted octanol–water partition coefficient (Wildman–Crippen LogP) is 1.21. The summed E-state index contributed by atoms with van der Waals surface area (Å²) in [6.45, 7) is 1.87. The highest BCUT2D eigenvalue weighted by Crippen LogP contribution is 2.30. The Balaban J connectivity index is 1.69. The summed E-state index contributed by atoms with van der Waals surface area (Å²) < 4.78 is 19.9. The molecule has 2 heterocycles. The summed E-state index contributed by atoms with van der Waals surface area (Å²) in [4.78, 5) is 25.1. The number of benzene rings is 1. The fourth-order valence-corrected chi connectivity index (χ4v) is 3.50. The van der Waals surface area contributed by atoms with E-state index in [4.69, 9.17) is 22.1 Å². The van der Waals surface area contributed by atoms with E-state index in [-0.39, 0.29) is 24.8 Å². The maximum Gasteiger partial charge on any atom is 0.414 e. The molecule has 154 valence electrons. The van der Waals surface area contributed by atoms with Gasteiger partial charge in [-0.1, -0.05) is 23.6 Å². The number of nitrogens with zero attached hydrogens (tertiary/aromatic N) is 3. The Labute approximate surface area is 174 Å². The zero-order valence-electron chi connectivity index (χ0n) is 15.3. The summed E-state index contributed by atoms with van der Waals surface area (Å²) >= 11 is 6.06. The number of aliphatic hydroxyl groups excluding tert-OH is 1. The van der Waals surface area contributed by atoms with Gasteiger partial charge in [-0.2, -0.15) is 0 Å². The third kappa shape index (κ3) is 5.22. The molecule has 0 saturated carbocycles. The third-order valence-corrected chi connectivity index (χ3v) is 5.10. The SMILES string of the molecule is CC(=S)NC[C@H]1CN(c2ccc(-c3nnc(CNC(=O)CO)s3)c(F)c2)C(=O)O1. The molecule has 3 rings (SSSR count). The number of hydrogen-bond acceptors (Lipinski definition) is 8. The zero-order valence-corrected chi connectivity index (χ0v) is 17.0. The van der Waals surface area contributed by atoms with Crippen LogP contribution in [-0.4, -0.2) is 58.1 Å². The van der Waals surface area contributed by atoms with Crippen LogP contribution in [0, 0.1) is 5.82 Å².